The Morgan fingerprint density at radius 2 is 1.50 bits per heavy atom. The van der Waals surface area contributed by atoms with Gasteiger partial charge in [-0.1, -0.05) is 6.07 Å². The summed E-state index contributed by atoms with van der Waals surface area (Å²) in [6.07, 6.45) is 0. The SMILES string of the molecule is CNc1cccc(NC(=O)NC(=O)c2cc(OC)c(OC)c(OC)c2)c1. The molecule has 3 amide bonds. The molecule has 2 aromatic carbocycles. The molecule has 8 heteroatoms. The molecule has 0 unspecified atom stereocenters. The van der Waals surface area contributed by atoms with Crippen molar-refractivity contribution in [2.75, 3.05) is 39.0 Å². The van der Waals surface area contributed by atoms with Crippen LogP contribution in [0.3, 0.4) is 0 Å². The fraction of sp³-hybridized carbons (Fsp3) is 0.222. The maximum Gasteiger partial charge on any atom is 0.326 e. The first kappa shape index (κ1) is 18.9. The summed E-state index contributed by atoms with van der Waals surface area (Å²) >= 11 is 0. The van der Waals surface area contributed by atoms with Crippen molar-refractivity contribution in [1.29, 1.82) is 0 Å². The number of carbonyl (C=O) groups excluding carboxylic acids is 2. The van der Waals surface area contributed by atoms with Crippen molar-refractivity contribution in [3.05, 3.63) is 42.0 Å². The number of anilines is 2. The van der Waals surface area contributed by atoms with Crippen LogP contribution >= 0.6 is 0 Å². The van der Waals surface area contributed by atoms with Crippen LogP contribution in [-0.2, 0) is 0 Å². The van der Waals surface area contributed by atoms with Gasteiger partial charge in [0.15, 0.2) is 11.5 Å². The number of benzene rings is 2. The van der Waals surface area contributed by atoms with Crippen LogP contribution in [0.25, 0.3) is 0 Å². The van der Waals surface area contributed by atoms with Gasteiger partial charge in [0.1, 0.15) is 0 Å². The molecular formula is C18H21N3O5. The summed E-state index contributed by atoms with van der Waals surface area (Å²) in [5.41, 5.74) is 1.57. The number of hydrogen-bond donors (Lipinski definition) is 3. The van der Waals surface area contributed by atoms with Crippen molar-refractivity contribution in [2.24, 2.45) is 0 Å². The van der Waals surface area contributed by atoms with Crippen molar-refractivity contribution >= 4 is 23.3 Å². The van der Waals surface area contributed by atoms with Gasteiger partial charge in [-0.05, 0) is 30.3 Å². The Morgan fingerprint density at radius 1 is 0.885 bits per heavy atom. The summed E-state index contributed by atoms with van der Waals surface area (Å²) in [5.74, 6) is 0.393. The fourth-order valence-electron chi connectivity index (χ4n) is 2.30. The van der Waals surface area contributed by atoms with Crippen molar-refractivity contribution in [1.82, 2.24) is 5.32 Å². The maximum atomic E-state index is 12.4. The molecule has 3 N–H and O–H groups in total. The number of nitrogens with one attached hydrogen (secondary N) is 3. The van der Waals surface area contributed by atoms with Gasteiger partial charge in [-0.15, -0.1) is 0 Å². The predicted molar refractivity (Wildman–Crippen MR) is 98.6 cm³/mol. The van der Waals surface area contributed by atoms with Gasteiger partial charge in [-0.25, -0.2) is 4.79 Å². The molecule has 26 heavy (non-hydrogen) atoms. The highest BCUT2D eigenvalue weighted by atomic mass is 16.5. The second-order valence-electron chi connectivity index (χ2n) is 5.15. The van der Waals surface area contributed by atoms with E-state index in [1.54, 1.807) is 25.2 Å². The Labute approximate surface area is 151 Å². The lowest BCUT2D eigenvalue weighted by Crippen LogP contribution is -2.34. The minimum atomic E-state index is -0.656. The highest BCUT2D eigenvalue weighted by Crippen LogP contribution is 2.38. The summed E-state index contributed by atoms with van der Waals surface area (Å²) in [7, 11) is 6.13. The normalized spacial score (nSPS) is 9.85. The third-order valence-corrected chi connectivity index (χ3v) is 3.56. The average Bonchev–Trinajstić information content (AvgIpc) is 2.66. The second kappa shape index (κ2) is 8.61. The fourth-order valence-corrected chi connectivity index (χ4v) is 2.30. The van der Waals surface area contributed by atoms with Crippen LogP contribution in [0, 0.1) is 0 Å². The predicted octanol–water partition coefficient (Wildman–Crippen LogP) is 2.72. The van der Waals surface area contributed by atoms with Crippen molar-refractivity contribution in [3.63, 3.8) is 0 Å². The maximum absolute atomic E-state index is 12.4. The first-order valence-electron chi connectivity index (χ1n) is 7.72. The lowest BCUT2D eigenvalue weighted by Gasteiger charge is -2.14. The smallest absolute Gasteiger partial charge is 0.326 e. The second-order valence-corrected chi connectivity index (χ2v) is 5.15. The van der Waals surface area contributed by atoms with Crippen LogP contribution in [0.1, 0.15) is 10.4 Å². The molecule has 0 aliphatic heterocycles. The molecule has 0 saturated heterocycles. The molecule has 2 aromatic rings. The van der Waals surface area contributed by atoms with E-state index in [2.05, 4.69) is 16.0 Å². The van der Waals surface area contributed by atoms with Crippen LogP contribution in [0.15, 0.2) is 36.4 Å². The van der Waals surface area contributed by atoms with E-state index in [1.165, 1.54) is 33.5 Å². The number of carbonyl (C=O) groups is 2. The number of imide groups is 1. The average molecular weight is 359 g/mol. The van der Waals surface area contributed by atoms with E-state index >= 15 is 0 Å². The van der Waals surface area contributed by atoms with Crippen LogP contribution in [0.2, 0.25) is 0 Å². The molecule has 0 aliphatic carbocycles. The highest BCUT2D eigenvalue weighted by molar-refractivity contribution is 6.08. The minimum absolute atomic E-state index is 0.193. The Kier molecular flexibility index (Phi) is 6.26. The minimum Gasteiger partial charge on any atom is -0.493 e. The van der Waals surface area contributed by atoms with Crippen LogP contribution in [-0.4, -0.2) is 40.3 Å². The molecule has 0 aromatic heterocycles. The number of hydrogen-bond acceptors (Lipinski definition) is 6. The van der Waals surface area contributed by atoms with Crippen LogP contribution in [0.4, 0.5) is 16.2 Å². The zero-order chi connectivity index (χ0) is 19.1. The topological polar surface area (TPSA) is 97.9 Å². The van der Waals surface area contributed by atoms with Crippen molar-refractivity contribution < 1.29 is 23.8 Å². The molecule has 8 nitrogen and oxygen atoms in total. The summed E-state index contributed by atoms with van der Waals surface area (Å²) in [4.78, 5) is 24.4. The summed E-state index contributed by atoms with van der Waals surface area (Å²) in [6.45, 7) is 0. The van der Waals surface area contributed by atoms with Gasteiger partial charge in [0.25, 0.3) is 5.91 Å². The largest absolute Gasteiger partial charge is 0.493 e. The number of methoxy groups -OCH3 is 3. The van der Waals surface area contributed by atoms with E-state index < -0.39 is 11.9 Å². The first-order valence-corrected chi connectivity index (χ1v) is 7.72. The molecule has 0 radical (unpaired) electrons. The lowest BCUT2D eigenvalue weighted by molar-refractivity contribution is 0.0966. The molecule has 0 aliphatic rings. The van der Waals surface area contributed by atoms with E-state index in [0.717, 1.165) is 5.69 Å². The van der Waals surface area contributed by atoms with Gasteiger partial charge < -0.3 is 24.8 Å². The standard InChI is InChI=1S/C18H21N3O5/c1-19-12-6-5-7-13(10-12)20-18(23)21-17(22)11-8-14(24-2)16(26-4)15(9-11)25-3/h5-10,19H,1-4H3,(H2,20,21,22,23). The van der Waals surface area contributed by atoms with Gasteiger partial charge in [-0.2, -0.15) is 0 Å². The Bertz CT molecular complexity index is 782. The Morgan fingerprint density at radius 3 is 2.04 bits per heavy atom. The summed E-state index contributed by atoms with van der Waals surface area (Å²) < 4.78 is 15.6. The highest BCUT2D eigenvalue weighted by Gasteiger charge is 2.18. The van der Waals surface area contributed by atoms with Gasteiger partial charge in [0, 0.05) is 24.0 Å². The molecule has 2 rings (SSSR count). The van der Waals surface area contributed by atoms with Gasteiger partial charge >= 0.3 is 6.03 Å². The van der Waals surface area contributed by atoms with E-state index in [0.29, 0.717) is 22.9 Å². The first-order chi connectivity index (χ1) is 12.5. The summed E-state index contributed by atoms with van der Waals surface area (Å²) in [6, 6.07) is 9.36. The number of amides is 3. The quantitative estimate of drug-likeness (QED) is 0.734. The Hall–Kier alpha value is -3.42. The number of rotatable bonds is 6. The molecule has 0 saturated carbocycles. The van der Waals surface area contributed by atoms with E-state index in [9.17, 15) is 9.59 Å². The third-order valence-electron chi connectivity index (χ3n) is 3.56. The monoisotopic (exact) mass is 359 g/mol. The van der Waals surface area contributed by atoms with E-state index in [4.69, 9.17) is 14.2 Å². The zero-order valence-corrected chi connectivity index (χ0v) is 15.0. The van der Waals surface area contributed by atoms with Crippen LogP contribution < -0.4 is 30.2 Å². The van der Waals surface area contributed by atoms with Gasteiger partial charge in [0.05, 0.1) is 21.3 Å². The molecule has 0 spiro atoms. The number of urea groups is 1. The third kappa shape index (κ3) is 4.35. The van der Waals surface area contributed by atoms with Crippen LogP contribution in [0.5, 0.6) is 17.2 Å². The Balaban J connectivity index is 2.14. The van der Waals surface area contributed by atoms with Gasteiger partial charge in [0.2, 0.25) is 5.75 Å². The molecule has 0 fully saturated rings. The van der Waals surface area contributed by atoms with Crippen molar-refractivity contribution in [3.8, 4) is 17.2 Å². The molecule has 0 bridgehead atoms. The lowest BCUT2D eigenvalue weighted by atomic mass is 10.1. The zero-order valence-electron chi connectivity index (χ0n) is 15.0. The summed E-state index contributed by atoms with van der Waals surface area (Å²) in [5, 5.41) is 7.83. The van der Waals surface area contributed by atoms with Crippen molar-refractivity contribution in [2.45, 2.75) is 0 Å². The molecule has 138 valence electrons. The van der Waals surface area contributed by atoms with Gasteiger partial charge in [-0.3, -0.25) is 10.1 Å². The van der Waals surface area contributed by atoms with E-state index in [1.807, 2.05) is 6.07 Å². The molecule has 0 heterocycles. The van der Waals surface area contributed by atoms with E-state index in [-0.39, 0.29) is 5.56 Å². The number of ether oxygens (including phenoxy) is 3. The molecule has 0 atom stereocenters. The molecular weight excluding hydrogens is 338 g/mol.